The van der Waals surface area contributed by atoms with E-state index in [-0.39, 0.29) is 11.6 Å². The monoisotopic (exact) mass is 394 g/mol. The van der Waals surface area contributed by atoms with Crippen LogP contribution in [-0.2, 0) is 0 Å². The summed E-state index contributed by atoms with van der Waals surface area (Å²) in [7, 11) is 0. The zero-order valence-electron chi connectivity index (χ0n) is 16.5. The van der Waals surface area contributed by atoms with Gasteiger partial charge in [-0.05, 0) is 36.6 Å². The van der Waals surface area contributed by atoms with E-state index in [1.54, 1.807) is 10.9 Å². The van der Waals surface area contributed by atoms with E-state index < -0.39 is 5.91 Å². The fourth-order valence-corrected chi connectivity index (χ4v) is 2.98. The summed E-state index contributed by atoms with van der Waals surface area (Å²) in [5.74, 6) is 0.577. The van der Waals surface area contributed by atoms with Crippen molar-refractivity contribution in [3.63, 3.8) is 0 Å². The minimum Gasteiger partial charge on any atom is -0.365 e. The second-order valence-corrected chi connectivity index (χ2v) is 7.15. The third kappa shape index (κ3) is 5.29. The number of benzene rings is 1. The van der Waals surface area contributed by atoms with E-state index in [0.717, 1.165) is 17.8 Å². The molecule has 3 rings (SSSR count). The number of nitrogens with zero attached hydrogens (tertiary/aromatic N) is 4. The maximum absolute atomic E-state index is 11.8. The molecule has 0 spiro atoms. The normalized spacial score (nSPS) is 12.0. The van der Waals surface area contributed by atoms with Crippen molar-refractivity contribution in [3.05, 3.63) is 54.5 Å². The summed E-state index contributed by atoms with van der Waals surface area (Å²) in [5, 5.41) is 10.6. The highest BCUT2D eigenvalue weighted by molar-refractivity contribution is 5.98. The number of anilines is 3. The second-order valence-electron chi connectivity index (χ2n) is 7.15. The van der Waals surface area contributed by atoms with Crippen LogP contribution in [0.2, 0.25) is 0 Å². The molecule has 6 N–H and O–H groups in total. The lowest BCUT2D eigenvalue weighted by Gasteiger charge is -2.19. The molecule has 2 heterocycles. The van der Waals surface area contributed by atoms with Gasteiger partial charge in [-0.3, -0.25) is 4.79 Å². The van der Waals surface area contributed by atoms with Gasteiger partial charge in [0.1, 0.15) is 11.4 Å². The van der Waals surface area contributed by atoms with Crippen LogP contribution in [0, 0.1) is 5.92 Å². The molecule has 1 aromatic carbocycles. The van der Waals surface area contributed by atoms with Gasteiger partial charge in [0.25, 0.3) is 5.91 Å². The zero-order valence-corrected chi connectivity index (χ0v) is 16.5. The quantitative estimate of drug-likeness (QED) is 0.437. The first-order valence-electron chi connectivity index (χ1n) is 9.46. The number of aromatic nitrogens is 4. The van der Waals surface area contributed by atoms with Gasteiger partial charge in [0.15, 0.2) is 0 Å². The van der Waals surface area contributed by atoms with Gasteiger partial charge in [0.2, 0.25) is 5.95 Å². The molecule has 0 saturated carbocycles. The lowest BCUT2D eigenvalue weighted by atomic mass is 10.0. The summed E-state index contributed by atoms with van der Waals surface area (Å²) >= 11 is 0. The molecule has 0 aliphatic heterocycles. The average molecular weight is 394 g/mol. The van der Waals surface area contributed by atoms with E-state index >= 15 is 0 Å². The molecular formula is C20H26N8O. The average Bonchev–Trinajstić information content (AvgIpc) is 3.22. The molecule has 2 aromatic heterocycles. The number of carbonyl (C=O) groups is 1. The number of hydrogen-bond acceptors (Lipinski definition) is 7. The number of hydrogen-bond donors (Lipinski definition) is 4. The molecule has 0 bridgehead atoms. The van der Waals surface area contributed by atoms with Gasteiger partial charge in [-0.2, -0.15) is 10.1 Å². The van der Waals surface area contributed by atoms with Crippen molar-refractivity contribution in [1.82, 2.24) is 19.7 Å². The van der Waals surface area contributed by atoms with Crippen LogP contribution in [0.1, 0.15) is 30.6 Å². The molecule has 0 radical (unpaired) electrons. The van der Waals surface area contributed by atoms with Gasteiger partial charge >= 0.3 is 0 Å². The second kappa shape index (κ2) is 9.16. The molecule has 0 aliphatic carbocycles. The molecule has 1 unspecified atom stereocenters. The van der Waals surface area contributed by atoms with Crippen LogP contribution in [0.3, 0.4) is 0 Å². The highest BCUT2D eigenvalue weighted by atomic mass is 16.1. The SMILES string of the molecule is CC(C)CC(CN)Nc1ncc(C(N)=O)c(Nc2cccc(-n3cccn3)c2)n1. The van der Waals surface area contributed by atoms with E-state index in [4.69, 9.17) is 11.5 Å². The Bertz CT molecular complexity index is 955. The van der Waals surface area contributed by atoms with Crippen molar-refractivity contribution in [2.75, 3.05) is 17.2 Å². The zero-order chi connectivity index (χ0) is 20.8. The van der Waals surface area contributed by atoms with Crippen molar-refractivity contribution in [3.8, 4) is 5.69 Å². The molecule has 0 aliphatic rings. The third-order valence-electron chi connectivity index (χ3n) is 4.31. The first-order chi connectivity index (χ1) is 14.0. The van der Waals surface area contributed by atoms with Crippen LogP contribution >= 0.6 is 0 Å². The highest BCUT2D eigenvalue weighted by Crippen LogP contribution is 2.22. The molecule has 9 heteroatoms. The smallest absolute Gasteiger partial charge is 0.254 e. The van der Waals surface area contributed by atoms with Crippen LogP contribution < -0.4 is 22.1 Å². The molecule has 1 amide bonds. The summed E-state index contributed by atoms with van der Waals surface area (Å²) in [6, 6.07) is 9.46. The molecular weight excluding hydrogens is 368 g/mol. The first kappa shape index (κ1) is 20.3. The van der Waals surface area contributed by atoms with Crippen LogP contribution in [0.15, 0.2) is 48.9 Å². The lowest BCUT2D eigenvalue weighted by Crippen LogP contribution is -2.31. The molecule has 0 saturated heterocycles. The Kier molecular flexibility index (Phi) is 6.40. The Morgan fingerprint density at radius 3 is 2.76 bits per heavy atom. The number of amides is 1. The Labute approximate surface area is 169 Å². The number of carbonyl (C=O) groups excluding carboxylic acids is 1. The minimum atomic E-state index is -0.611. The van der Waals surface area contributed by atoms with Crippen LogP contribution in [-0.4, -0.2) is 38.2 Å². The Morgan fingerprint density at radius 1 is 1.28 bits per heavy atom. The maximum atomic E-state index is 11.8. The molecule has 0 fully saturated rings. The number of rotatable bonds is 9. The standard InChI is InChI=1S/C20H26N8O/c1-13(2)9-15(11-21)26-20-23-12-17(18(22)29)19(27-20)25-14-5-3-6-16(10-14)28-8-4-7-24-28/h3-8,10,12-13,15H,9,11,21H2,1-2H3,(H2,22,29)(H2,23,25,26,27). The predicted octanol–water partition coefficient (Wildman–Crippen LogP) is 2.29. The van der Waals surface area contributed by atoms with Gasteiger partial charge in [0, 0.05) is 36.9 Å². The van der Waals surface area contributed by atoms with Crippen LogP contribution in [0.25, 0.3) is 5.69 Å². The van der Waals surface area contributed by atoms with Crippen LogP contribution in [0.4, 0.5) is 17.5 Å². The highest BCUT2D eigenvalue weighted by Gasteiger charge is 2.15. The Hall–Kier alpha value is -3.46. The Balaban J connectivity index is 1.87. The summed E-state index contributed by atoms with van der Waals surface area (Å²) < 4.78 is 1.74. The number of nitrogens with two attached hydrogens (primary N) is 2. The van der Waals surface area contributed by atoms with Crippen molar-refractivity contribution >= 4 is 23.4 Å². The van der Waals surface area contributed by atoms with Gasteiger partial charge in [0.05, 0.1) is 5.69 Å². The molecule has 9 nitrogen and oxygen atoms in total. The van der Waals surface area contributed by atoms with Gasteiger partial charge in [-0.25, -0.2) is 9.67 Å². The van der Waals surface area contributed by atoms with Crippen molar-refractivity contribution < 1.29 is 4.79 Å². The van der Waals surface area contributed by atoms with Crippen molar-refractivity contribution in [2.24, 2.45) is 17.4 Å². The van der Waals surface area contributed by atoms with E-state index in [0.29, 0.717) is 24.2 Å². The first-order valence-corrected chi connectivity index (χ1v) is 9.46. The molecule has 3 aromatic rings. The van der Waals surface area contributed by atoms with Gasteiger partial charge in [-0.15, -0.1) is 0 Å². The van der Waals surface area contributed by atoms with Crippen molar-refractivity contribution in [1.29, 1.82) is 0 Å². The summed E-state index contributed by atoms with van der Waals surface area (Å²) in [6.07, 6.45) is 5.85. The van der Waals surface area contributed by atoms with Gasteiger partial charge in [-0.1, -0.05) is 19.9 Å². The largest absolute Gasteiger partial charge is 0.365 e. The van der Waals surface area contributed by atoms with E-state index in [1.807, 2.05) is 36.5 Å². The van der Waals surface area contributed by atoms with Crippen molar-refractivity contribution in [2.45, 2.75) is 26.3 Å². The summed E-state index contributed by atoms with van der Waals surface area (Å²) in [4.78, 5) is 20.5. The summed E-state index contributed by atoms with van der Waals surface area (Å²) in [6.45, 7) is 4.70. The van der Waals surface area contributed by atoms with E-state index in [1.165, 1.54) is 6.20 Å². The van der Waals surface area contributed by atoms with Crippen LogP contribution in [0.5, 0.6) is 0 Å². The number of nitrogens with one attached hydrogen (secondary N) is 2. The minimum absolute atomic E-state index is 0.0328. The third-order valence-corrected chi connectivity index (χ3v) is 4.31. The maximum Gasteiger partial charge on any atom is 0.254 e. The lowest BCUT2D eigenvalue weighted by molar-refractivity contribution is 0.100. The van der Waals surface area contributed by atoms with E-state index in [9.17, 15) is 4.79 Å². The van der Waals surface area contributed by atoms with E-state index in [2.05, 4.69) is 39.5 Å². The fourth-order valence-electron chi connectivity index (χ4n) is 2.98. The molecule has 1 atom stereocenters. The summed E-state index contributed by atoms with van der Waals surface area (Å²) in [5.41, 5.74) is 13.2. The topological polar surface area (TPSA) is 137 Å². The number of primary amides is 1. The fraction of sp³-hybridized carbons (Fsp3) is 0.300. The molecule has 29 heavy (non-hydrogen) atoms. The molecule has 152 valence electrons. The Morgan fingerprint density at radius 2 is 2.10 bits per heavy atom. The predicted molar refractivity (Wildman–Crippen MR) is 113 cm³/mol. The van der Waals surface area contributed by atoms with Gasteiger partial charge < -0.3 is 22.1 Å².